The van der Waals surface area contributed by atoms with Crippen LogP contribution in [0.4, 0.5) is 22.0 Å². The molecule has 0 spiro atoms. The third kappa shape index (κ3) is 2.65. The van der Waals surface area contributed by atoms with E-state index in [4.69, 9.17) is 5.73 Å². The molecule has 0 bridgehead atoms. The summed E-state index contributed by atoms with van der Waals surface area (Å²) in [5.41, 5.74) is 3.82. The highest BCUT2D eigenvalue weighted by Crippen LogP contribution is 2.32. The summed E-state index contributed by atoms with van der Waals surface area (Å²) in [5.74, 6) is -1.44. The first kappa shape index (κ1) is 11.9. The molecule has 2 N–H and O–H groups in total. The highest BCUT2D eigenvalue weighted by Gasteiger charge is 2.34. The lowest BCUT2D eigenvalue weighted by atomic mass is 10.1. The molecule has 84 valence electrons. The smallest absolute Gasteiger partial charge is 0.322 e. The Morgan fingerprint density at radius 1 is 1.27 bits per heavy atom. The van der Waals surface area contributed by atoms with E-state index < -0.39 is 30.3 Å². The maximum atomic E-state index is 12.9. The molecule has 0 aliphatic rings. The van der Waals surface area contributed by atoms with Gasteiger partial charge in [0.05, 0.1) is 11.6 Å². The molecular weight excluding hydrogens is 217 g/mol. The Morgan fingerprint density at radius 2 is 1.87 bits per heavy atom. The average Bonchev–Trinajstić information content (AvgIpc) is 2.14. The topological polar surface area (TPSA) is 26.0 Å². The zero-order valence-electron chi connectivity index (χ0n) is 7.48. The minimum atomic E-state index is -4.75. The molecule has 0 fully saturated rings. The second-order valence-corrected chi connectivity index (χ2v) is 3.00. The molecule has 0 radical (unpaired) electrons. The summed E-state index contributed by atoms with van der Waals surface area (Å²) in [6.07, 6.45) is -4.75. The maximum absolute atomic E-state index is 12.9. The monoisotopic (exact) mass is 225 g/mol. The van der Waals surface area contributed by atoms with E-state index in [0.29, 0.717) is 12.1 Å². The molecule has 0 amide bonds. The lowest BCUT2D eigenvalue weighted by Crippen LogP contribution is -2.14. The Kier molecular flexibility index (Phi) is 3.28. The Bertz CT molecular complexity index is 347. The van der Waals surface area contributed by atoms with Crippen molar-refractivity contribution in [2.45, 2.75) is 12.2 Å². The fraction of sp³-hybridized carbons (Fsp3) is 0.333. The maximum Gasteiger partial charge on any atom is 0.419 e. The van der Waals surface area contributed by atoms with E-state index in [1.165, 1.54) is 0 Å². The van der Waals surface area contributed by atoms with Gasteiger partial charge < -0.3 is 5.73 Å². The lowest BCUT2D eigenvalue weighted by molar-refractivity contribution is -0.140. The van der Waals surface area contributed by atoms with Crippen LogP contribution in [0.1, 0.15) is 17.2 Å². The van der Waals surface area contributed by atoms with Crippen molar-refractivity contribution in [2.75, 3.05) is 6.67 Å². The molecule has 0 saturated carbocycles. The van der Waals surface area contributed by atoms with Crippen LogP contribution in [0.15, 0.2) is 18.2 Å². The third-order valence-electron chi connectivity index (χ3n) is 1.89. The van der Waals surface area contributed by atoms with Gasteiger partial charge in [0.2, 0.25) is 0 Å². The molecule has 1 aromatic carbocycles. The first-order chi connectivity index (χ1) is 6.86. The Labute approximate surface area is 82.7 Å². The zero-order chi connectivity index (χ0) is 11.6. The summed E-state index contributed by atoms with van der Waals surface area (Å²) in [4.78, 5) is 0. The Hall–Kier alpha value is -1.17. The molecule has 0 saturated heterocycles. The van der Waals surface area contributed by atoms with Crippen molar-refractivity contribution in [3.8, 4) is 0 Å². The minimum absolute atomic E-state index is 0.00278. The number of benzene rings is 1. The second kappa shape index (κ2) is 4.14. The SMILES string of the molecule is N[C@@H](CF)c1ccc(C(F)(F)F)c(F)c1. The number of hydrogen-bond acceptors (Lipinski definition) is 1. The van der Waals surface area contributed by atoms with Gasteiger partial charge >= 0.3 is 6.18 Å². The minimum Gasteiger partial charge on any atom is -0.322 e. The first-order valence-corrected chi connectivity index (χ1v) is 4.04. The fourth-order valence-electron chi connectivity index (χ4n) is 1.08. The molecule has 0 unspecified atom stereocenters. The van der Waals surface area contributed by atoms with Crippen molar-refractivity contribution in [2.24, 2.45) is 5.73 Å². The van der Waals surface area contributed by atoms with Crippen molar-refractivity contribution in [3.63, 3.8) is 0 Å². The second-order valence-electron chi connectivity index (χ2n) is 3.00. The van der Waals surface area contributed by atoms with Gasteiger partial charge in [0.25, 0.3) is 0 Å². The largest absolute Gasteiger partial charge is 0.419 e. The van der Waals surface area contributed by atoms with Crippen LogP contribution in [0.2, 0.25) is 0 Å². The molecule has 0 aliphatic carbocycles. The van der Waals surface area contributed by atoms with Crippen molar-refractivity contribution in [3.05, 3.63) is 35.1 Å². The molecule has 1 rings (SSSR count). The van der Waals surface area contributed by atoms with Crippen molar-refractivity contribution in [1.29, 1.82) is 0 Å². The van der Waals surface area contributed by atoms with E-state index in [2.05, 4.69) is 0 Å². The number of hydrogen-bond donors (Lipinski definition) is 1. The number of halogens is 5. The molecule has 1 atom stereocenters. The number of alkyl halides is 4. The predicted octanol–water partition coefficient (Wildman–Crippen LogP) is 2.81. The zero-order valence-corrected chi connectivity index (χ0v) is 7.48. The number of nitrogens with two attached hydrogens (primary N) is 1. The van der Waals surface area contributed by atoms with Crippen molar-refractivity contribution >= 4 is 0 Å². The van der Waals surface area contributed by atoms with E-state index in [1.807, 2.05) is 0 Å². The van der Waals surface area contributed by atoms with Crippen LogP contribution in [0.25, 0.3) is 0 Å². The van der Waals surface area contributed by atoms with Crippen LogP contribution >= 0.6 is 0 Å². The van der Waals surface area contributed by atoms with E-state index in [1.54, 1.807) is 0 Å². The molecule has 6 heteroatoms. The summed E-state index contributed by atoms with van der Waals surface area (Å²) >= 11 is 0. The van der Waals surface area contributed by atoms with Crippen LogP contribution in [0, 0.1) is 5.82 Å². The standard InChI is InChI=1S/C9H8F5N/c10-4-8(15)5-1-2-6(7(11)3-5)9(12,13)14/h1-3,8H,4,15H2/t8-/m0/s1. The van der Waals surface area contributed by atoms with E-state index >= 15 is 0 Å². The number of rotatable bonds is 2. The molecule has 0 aliphatic heterocycles. The predicted molar refractivity (Wildman–Crippen MR) is 44.3 cm³/mol. The Balaban J connectivity index is 3.09. The van der Waals surface area contributed by atoms with Gasteiger partial charge in [-0.1, -0.05) is 6.07 Å². The normalized spacial score (nSPS) is 14.0. The van der Waals surface area contributed by atoms with Gasteiger partial charge in [-0.25, -0.2) is 8.78 Å². The van der Waals surface area contributed by atoms with Crippen LogP contribution in [0.3, 0.4) is 0 Å². The van der Waals surface area contributed by atoms with E-state index in [9.17, 15) is 22.0 Å². The van der Waals surface area contributed by atoms with Gasteiger partial charge in [-0.15, -0.1) is 0 Å². The first-order valence-electron chi connectivity index (χ1n) is 4.04. The third-order valence-corrected chi connectivity index (χ3v) is 1.89. The quantitative estimate of drug-likeness (QED) is 0.769. The summed E-state index contributed by atoms with van der Waals surface area (Å²) in [6.45, 7) is -0.954. The molecule has 1 aromatic rings. The van der Waals surface area contributed by atoms with Gasteiger partial charge in [-0.3, -0.25) is 0 Å². The average molecular weight is 225 g/mol. The van der Waals surface area contributed by atoms with Gasteiger partial charge in [0.15, 0.2) is 0 Å². The van der Waals surface area contributed by atoms with E-state index in [0.717, 1.165) is 6.07 Å². The van der Waals surface area contributed by atoms with E-state index in [-0.39, 0.29) is 5.56 Å². The highest BCUT2D eigenvalue weighted by atomic mass is 19.4. The van der Waals surface area contributed by atoms with Gasteiger partial charge in [-0.05, 0) is 17.7 Å². The van der Waals surface area contributed by atoms with Crippen LogP contribution in [-0.2, 0) is 6.18 Å². The summed E-state index contributed by atoms with van der Waals surface area (Å²) in [6, 6.07) is 1.03. The summed E-state index contributed by atoms with van der Waals surface area (Å²) in [5, 5.41) is 0. The molecule has 0 aromatic heterocycles. The van der Waals surface area contributed by atoms with Gasteiger partial charge in [0, 0.05) is 0 Å². The molecule has 0 heterocycles. The summed E-state index contributed by atoms with van der Waals surface area (Å²) < 4.78 is 61.4. The van der Waals surface area contributed by atoms with Gasteiger partial charge in [0.1, 0.15) is 12.5 Å². The molecule has 15 heavy (non-hydrogen) atoms. The molecule has 1 nitrogen and oxygen atoms in total. The van der Waals surface area contributed by atoms with Gasteiger partial charge in [-0.2, -0.15) is 13.2 Å². The highest BCUT2D eigenvalue weighted by molar-refractivity contribution is 5.28. The van der Waals surface area contributed by atoms with Crippen LogP contribution < -0.4 is 5.73 Å². The van der Waals surface area contributed by atoms with Crippen molar-refractivity contribution < 1.29 is 22.0 Å². The van der Waals surface area contributed by atoms with Crippen molar-refractivity contribution in [1.82, 2.24) is 0 Å². The lowest BCUT2D eigenvalue weighted by Gasteiger charge is -2.11. The van der Waals surface area contributed by atoms with Crippen LogP contribution in [0.5, 0.6) is 0 Å². The summed E-state index contributed by atoms with van der Waals surface area (Å²) in [7, 11) is 0. The van der Waals surface area contributed by atoms with Crippen LogP contribution in [-0.4, -0.2) is 6.67 Å². The molecular formula is C9H8F5N. The fourth-order valence-corrected chi connectivity index (χ4v) is 1.08. The Morgan fingerprint density at radius 3 is 2.27 bits per heavy atom.